The number of carbonyl (C=O) groups excluding carboxylic acids is 1. The van der Waals surface area contributed by atoms with E-state index in [2.05, 4.69) is 0 Å². The topological polar surface area (TPSA) is 92.7 Å². The first-order valence-electron chi connectivity index (χ1n) is 5.78. The summed E-state index contributed by atoms with van der Waals surface area (Å²) >= 11 is 0. The van der Waals surface area contributed by atoms with Crippen molar-refractivity contribution in [2.75, 3.05) is 6.26 Å². The molecule has 0 radical (unpaired) electrons. The molecule has 1 aliphatic rings. The van der Waals surface area contributed by atoms with E-state index in [1.807, 2.05) is 16.9 Å². The van der Waals surface area contributed by atoms with Gasteiger partial charge in [0.1, 0.15) is 0 Å². The molecule has 2 rings (SSSR count). The van der Waals surface area contributed by atoms with E-state index in [9.17, 15) is 18.2 Å². The number of benzene rings is 1. The number of hydrogen-bond acceptors (Lipinski definition) is 5. The van der Waals surface area contributed by atoms with E-state index in [1.54, 1.807) is 6.07 Å². The van der Waals surface area contributed by atoms with Gasteiger partial charge in [-0.1, -0.05) is 18.2 Å². The fraction of sp³-hybridized carbons (Fsp3) is 0.364. The molecule has 1 aromatic rings. The van der Waals surface area contributed by atoms with Crippen LogP contribution in [-0.2, 0) is 32.5 Å². The summed E-state index contributed by atoms with van der Waals surface area (Å²) in [7, 11) is -4.49. The second kappa shape index (κ2) is 5.32. The van der Waals surface area contributed by atoms with E-state index in [1.165, 1.54) is 0 Å². The molecule has 1 aromatic carbocycles. The highest BCUT2D eigenvalue weighted by Crippen LogP contribution is 2.13. The van der Waals surface area contributed by atoms with Gasteiger partial charge in [-0.25, -0.2) is 8.42 Å². The maximum atomic E-state index is 11.4. The Bertz CT molecular complexity index is 601. The third-order valence-electron chi connectivity index (χ3n) is 2.85. The summed E-state index contributed by atoms with van der Waals surface area (Å²) in [6.07, 6.45) is 1.32. The Balaban J connectivity index is 2.05. The van der Waals surface area contributed by atoms with Crippen molar-refractivity contribution in [1.29, 1.82) is 0 Å². The summed E-state index contributed by atoms with van der Waals surface area (Å²) in [5.74, 6) is -0.562. The molecular weight excluding hydrogens is 269 g/mol. The minimum atomic E-state index is -3.52. The number of sulfonamides is 1. The van der Waals surface area contributed by atoms with Gasteiger partial charge in [0.15, 0.2) is 0 Å². The minimum Gasteiger partial charge on any atom is -0.423 e. The molecule has 0 bridgehead atoms. The van der Waals surface area contributed by atoms with Gasteiger partial charge in [0, 0.05) is 6.42 Å². The molecular formula is C11H14BNO5S. The first kappa shape index (κ1) is 14.0. The number of rotatable bonds is 4. The molecule has 1 amide bonds. The average Bonchev–Trinajstić information content (AvgIpc) is 2.67. The normalized spacial score (nSPS) is 14.3. The van der Waals surface area contributed by atoms with Gasteiger partial charge in [-0.3, -0.25) is 9.52 Å². The van der Waals surface area contributed by atoms with E-state index in [0.29, 0.717) is 18.5 Å². The maximum absolute atomic E-state index is 11.4. The van der Waals surface area contributed by atoms with E-state index in [0.717, 1.165) is 17.4 Å². The van der Waals surface area contributed by atoms with Gasteiger partial charge in [0.05, 0.1) is 12.9 Å². The van der Waals surface area contributed by atoms with Crippen LogP contribution in [-0.4, -0.2) is 32.7 Å². The van der Waals surface area contributed by atoms with Crippen LogP contribution in [0.2, 0.25) is 0 Å². The minimum absolute atomic E-state index is 0.0379. The Morgan fingerprint density at radius 2 is 2.26 bits per heavy atom. The van der Waals surface area contributed by atoms with Crippen molar-refractivity contribution < 1.29 is 22.9 Å². The highest BCUT2D eigenvalue weighted by Gasteiger charge is 2.29. The Kier molecular flexibility index (Phi) is 3.93. The smallest absolute Gasteiger partial charge is 0.423 e. The molecule has 0 spiro atoms. The van der Waals surface area contributed by atoms with Gasteiger partial charge in [-0.05, 0) is 23.0 Å². The van der Waals surface area contributed by atoms with Crippen molar-refractivity contribution in [1.82, 2.24) is 4.72 Å². The largest absolute Gasteiger partial charge is 0.492 e. The van der Waals surface area contributed by atoms with Crippen LogP contribution in [0.3, 0.4) is 0 Å². The molecule has 19 heavy (non-hydrogen) atoms. The van der Waals surface area contributed by atoms with Gasteiger partial charge in [0.25, 0.3) is 0 Å². The summed E-state index contributed by atoms with van der Waals surface area (Å²) in [4.78, 5) is 11.4. The Labute approximate surface area is 112 Å². The van der Waals surface area contributed by atoms with E-state index in [4.69, 9.17) is 4.65 Å². The summed E-state index contributed by atoms with van der Waals surface area (Å²) in [5.41, 5.74) is 2.38. The zero-order valence-electron chi connectivity index (χ0n) is 10.4. The lowest BCUT2D eigenvalue weighted by Crippen LogP contribution is -2.33. The SMILES string of the molecule is CS(=O)(=O)NC(=O)CCc1cccc2c1B(O)OC2. The van der Waals surface area contributed by atoms with Crippen molar-refractivity contribution >= 4 is 28.5 Å². The highest BCUT2D eigenvalue weighted by atomic mass is 32.2. The standard InChI is InChI=1S/C11H14BNO5S/c1-19(16,17)13-10(14)6-5-8-3-2-4-9-7-18-12(15)11(8)9/h2-4,15H,5-7H2,1H3,(H,13,14). The maximum Gasteiger partial charge on any atom is 0.492 e. The molecule has 0 aliphatic carbocycles. The van der Waals surface area contributed by atoms with Crippen LogP contribution in [0.5, 0.6) is 0 Å². The molecule has 102 valence electrons. The van der Waals surface area contributed by atoms with Crippen molar-refractivity contribution in [2.24, 2.45) is 0 Å². The summed E-state index contributed by atoms with van der Waals surface area (Å²) in [6, 6.07) is 5.47. The zero-order valence-corrected chi connectivity index (χ0v) is 11.2. The molecule has 0 atom stereocenters. The van der Waals surface area contributed by atoms with Crippen LogP contribution in [0.1, 0.15) is 17.5 Å². The van der Waals surface area contributed by atoms with E-state index < -0.39 is 23.0 Å². The van der Waals surface area contributed by atoms with Crippen LogP contribution in [0, 0.1) is 0 Å². The van der Waals surface area contributed by atoms with Gasteiger partial charge >= 0.3 is 7.12 Å². The van der Waals surface area contributed by atoms with Crippen LogP contribution in [0.25, 0.3) is 0 Å². The molecule has 6 nitrogen and oxygen atoms in total. The molecule has 2 N–H and O–H groups in total. The highest BCUT2D eigenvalue weighted by molar-refractivity contribution is 7.89. The average molecular weight is 283 g/mol. The Morgan fingerprint density at radius 3 is 2.95 bits per heavy atom. The van der Waals surface area contributed by atoms with Gasteiger partial charge in [-0.2, -0.15) is 0 Å². The third-order valence-corrected chi connectivity index (χ3v) is 3.45. The molecule has 0 unspecified atom stereocenters. The monoisotopic (exact) mass is 283 g/mol. The first-order valence-corrected chi connectivity index (χ1v) is 7.67. The quantitative estimate of drug-likeness (QED) is 0.685. The second-order valence-corrected chi connectivity index (χ2v) is 6.20. The van der Waals surface area contributed by atoms with E-state index >= 15 is 0 Å². The molecule has 0 fully saturated rings. The predicted molar refractivity (Wildman–Crippen MR) is 70.1 cm³/mol. The summed E-state index contributed by atoms with van der Waals surface area (Å²) < 4.78 is 28.8. The van der Waals surface area contributed by atoms with Crippen LogP contribution >= 0.6 is 0 Å². The number of aryl methyl sites for hydroxylation is 1. The predicted octanol–water partition coefficient (Wildman–Crippen LogP) is -1.09. The fourth-order valence-corrected chi connectivity index (χ4v) is 2.60. The molecule has 0 aromatic heterocycles. The molecule has 1 aliphatic heterocycles. The van der Waals surface area contributed by atoms with Gasteiger partial charge in [0.2, 0.25) is 15.9 Å². The number of fused-ring (bicyclic) bond motifs is 1. The zero-order chi connectivity index (χ0) is 14.0. The second-order valence-electron chi connectivity index (χ2n) is 4.45. The van der Waals surface area contributed by atoms with Gasteiger partial charge in [-0.15, -0.1) is 0 Å². The fourth-order valence-electron chi connectivity index (χ4n) is 2.09. The first-order chi connectivity index (χ1) is 8.87. The molecule has 0 saturated heterocycles. The van der Waals surface area contributed by atoms with E-state index in [-0.39, 0.29) is 6.42 Å². The lowest BCUT2D eigenvalue weighted by molar-refractivity contribution is -0.119. The van der Waals surface area contributed by atoms with Crippen molar-refractivity contribution in [3.63, 3.8) is 0 Å². The van der Waals surface area contributed by atoms with Crippen LogP contribution in [0.15, 0.2) is 18.2 Å². The van der Waals surface area contributed by atoms with Gasteiger partial charge < -0.3 is 9.68 Å². The summed E-state index contributed by atoms with van der Waals surface area (Å²) in [6.45, 7) is 0.347. The number of nitrogens with one attached hydrogen (secondary N) is 1. The number of carbonyl (C=O) groups is 1. The van der Waals surface area contributed by atoms with Crippen LogP contribution in [0.4, 0.5) is 0 Å². The van der Waals surface area contributed by atoms with Crippen molar-refractivity contribution in [2.45, 2.75) is 19.4 Å². The molecule has 1 heterocycles. The lowest BCUT2D eigenvalue weighted by atomic mass is 9.75. The Hall–Kier alpha value is -1.38. The number of amides is 1. The van der Waals surface area contributed by atoms with Crippen LogP contribution < -0.4 is 10.2 Å². The molecule has 0 saturated carbocycles. The Morgan fingerprint density at radius 1 is 1.53 bits per heavy atom. The summed E-state index contributed by atoms with van der Waals surface area (Å²) in [5, 5.41) is 9.70. The van der Waals surface area contributed by atoms with Crippen molar-refractivity contribution in [3.8, 4) is 0 Å². The molecule has 8 heteroatoms. The lowest BCUT2D eigenvalue weighted by Gasteiger charge is -2.08. The third kappa shape index (κ3) is 3.56. The van der Waals surface area contributed by atoms with Crippen molar-refractivity contribution in [3.05, 3.63) is 29.3 Å². The number of hydrogen-bond donors (Lipinski definition) is 2.